The minimum Gasteiger partial charge on any atom is -0.495 e. The van der Waals surface area contributed by atoms with Crippen LogP contribution in [0.5, 0.6) is 5.75 Å². The van der Waals surface area contributed by atoms with Gasteiger partial charge in [-0.15, -0.1) is 11.3 Å². The molecule has 8 nitrogen and oxygen atoms in total. The summed E-state index contributed by atoms with van der Waals surface area (Å²) in [6, 6.07) is 10.0. The molecule has 31 heavy (non-hydrogen) atoms. The normalized spacial score (nSPS) is 17.5. The van der Waals surface area contributed by atoms with Gasteiger partial charge in [-0.2, -0.15) is 4.31 Å². The molecule has 0 bridgehead atoms. The largest absolute Gasteiger partial charge is 0.495 e. The van der Waals surface area contributed by atoms with Gasteiger partial charge in [-0.05, 0) is 37.3 Å². The second-order valence-corrected chi connectivity index (χ2v) is 10.4. The second kappa shape index (κ2) is 9.09. The number of hydrogen-bond acceptors (Lipinski definition) is 8. The van der Waals surface area contributed by atoms with Crippen molar-refractivity contribution in [3.63, 3.8) is 0 Å². The molecule has 1 unspecified atom stereocenters. The lowest BCUT2D eigenvalue weighted by Crippen LogP contribution is -2.42. The van der Waals surface area contributed by atoms with Crippen molar-refractivity contribution in [2.45, 2.75) is 17.9 Å². The van der Waals surface area contributed by atoms with Gasteiger partial charge < -0.3 is 14.8 Å². The standard InChI is InChI=1S/C20H21ClN4O4S2/c1-13-11-22-20(30-13)24-19-5-3-4-15(23-19)17-12-25(8-9-29-17)31(26,27)18-10-14(21)6-7-16(18)28-2/h3-7,10-11,17H,8-9,12H2,1-2H3,(H,22,23,24). The molecule has 0 saturated carbocycles. The van der Waals surface area contributed by atoms with E-state index in [1.807, 2.05) is 25.1 Å². The molecule has 0 aliphatic carbocycles. The Bertz CT molecular complexity index is 1190. The molecule has 1 aromatic carbocycles. The summed E-state index contributed by atoms with van der Waals surface area (Å²) >= 11 is 7.57. The highest BCUT2D eigenvalue weighted by Gasteiger charge is 2.34. The number of aryl methyl sites for hydroxylation is 1. The molecule has 0 radical (unpaired) electrons. The Morgan fingerprint density at radius 1 is 1.32 bits per heavy atom. The number of benzene rings is 1. The second-order valence-electron chi connectivity index (χ2n) is 6.87. The molecule has 3 heterocycles. The number of anilines is 2. The van der Waals surface area contributed by atoms with Gasteiger partial charge in [-0.25, -0.2) is 18.4 Å². The highest BCUT2D eigenvalue weighted by atomic mass is 35.5. The number of nitrogens with one attached hydrogen (secondary N) is 1. The fourth-order valence-electron chi connectivity index (χ4n) is 3.24. The first-order valence-electron chi connectivity index (χ1n) is 9.48. The summed E-state index contributed by atoms with van der Waals surface area (Å²) in [5.74, 6) is 0.863. The highest BCUT2D eigenvalue weighted by Crippen LogP contribution is 2.32. The van der Waals surface area contributed by atoms with Gasteiger partial charge >= 0.3 is 0 Å². The summed E-state index contributed by atoms with van der Waals surface area (Å²) in [5.41, 5.74) is 0.635. The van der Waals surface area contributed by atoms with Crippen LogP contribution in [0.4, 0.5) is 10.9 Å². The zero-order valence-corrected chi connectivity index (χ0v) is 19.3. The molecule has 1 N–H and O–H groups in total. The van der Waals surface area contributed by atoms with Crippen LogP contribution in [0.3, 0.4) is 0 Å². The first kappa shape index (κ1) is 22.0. The Morgan fingerprint density at radius 3 is 2.90 bits per heavy atom. The number of morpholine rings is 1. The first-order valence-corrected chi connectivity index (χ1v) is 12.1. The van der Waals surface area contributed by atoms with Crippen LogP contribution in [0, 0.1) is 6.92 Å². The minimum atomic E-state index is -3.83. The molecular formula is C20H21ClN4O4S2. The molecule has 2 aromatic heterocycles. The van der Waals surface area contributed by atoms with E-state index in [1.54, 1.807) is 18.3 Å². The van der Waals surface area contributed by atoms with Crippen molar-refractivity contribution < 1.29 is 17.9 Å². The molecule has 1 aliphatic heterocycles. The maximum Gasteiger partial charge on any atom is 0.246 e. The maximum atomic E-state index is 13.3. The zero-order chi connectivity index (χ0) is 22.0. The summed E-state index contributed by atoms with van der Waals surface area (Å²) in [6.07, 6.45) is 1.28. The van der Waals surface area contributed by atoms with Crippen LogP contribution in [0.2, 0.25) is 5.02 Å². The molecule has 3 aromatic rings. The number of aromatic nitrogens is 2. The third-order valence-corrected chi connectivity index (χ3v) is 7.68. The summed E-state index contributed by atoms with van der Waals surface area (Å²) in [4.78, 5) is 10.0. The molecule has 4 rings (SSSR count). The average molecular weight is 481 g/mol. The quantitative estimate of drug-likeness (QED) is 0.569. The lowest BCUT2D eigenvalue weighted by atomic mass is 10.2. The topological polar surface area (TPSA) is 93.7 Å². The third kappa shape index (κ3) is 4.83. The number of pyridine rings is 1. The lowest BCUT2D eigenvalue weighted by Gasteiger charge is -2.32. The lowest BCUT2D eigenvalue weighted by molar-refractivity contribution is -0.00489. The maximum absolute atomic E-state index is 13.3. The van der Waals surface area contributed by atoms with E-state index in [4.69, 9.17) is 21.1 Å². The van der Waals surface area contributed by atoms with Crippen molar-refractivity contribution in [2.24, 2.45) is 0 Å². The van der Waals surface area contributed by atoms with E-state index in [0.717, 1.165) is 10.0 Å². The summed E-state index contributed by atoms with van der Waals surface area (Å²) in [6.45, 7) is 2.58. The van der Waals surface area contributed by atoms with Gasteiger partial charge in [0.2, 0.25) is 10.0 Å². The number of nitrogens with zero attached hydrogens (tertiary/aromatic N) is 3. The van der Waals surface area contributed by atoms with Crippen LogP contribution in [0.1, 0.15) is 16.7 Å². The number of thiazole rings is 1. The number of halogens is 1. The Balaban J connectivity index is 1.56. The monoisotopic (exact) mass is 480 g/mol. The van der Waals surface area contributed by atoms with E-state index in [-0.39, 0.29) is 30.3 Å². The Labute approximate surface area is 189 Å². The Morgan fingerprint density at radius 2 is 2.16 bits per heavy atom. The van der Waals surface area contributed by atoms with Gasteiger partial charge in [-0.3, -0.25) is 0 Å². The fourth-order valence-corrected chi connectivity index (χ4v) is 5.75. The molecule has 1 atom stereocenters. The first-order chi connectivity index (χ1) is 14.9. The van der Waals surface area contributed by atoms with Crippen molar-refractivity contribution in [1.29, 1.82) is 0 Å². The Kier molecular flexibility index (Phi) is 6.44. The van der Waals surface area contributed by atoms with E-state index >= 15 is 0 Å². The fraction of sp³-hybridized carbons (Fsp3) is 0.300. The van der Waals surface area contributed by atoms with E-state index in [9.17, 15) is 8.42 Å². The van der Waals surface area contributed by atoms with Crippen molar-refractivity contribution in [1.82, 2.24) is 14.3 Å². The van der Waals surface area contributed by atoms with Crippen molar-refractivity contribution >= 4 is 43.9 Å². The van der Waals surface area contributed by atoms with E-state index < -0.39 is 16.1 Å². The number of methoxy groups -OCH3 is 1. The third-order valence-electron chi connectivity index (χ3n) is 4.73. The number of rotatable bonds is 6. The Hall–Kier alpha value is -2.24. The highest BCUT2D eigenvalue weighted by molar-refractivity contribution is 7.89. The molecule has 1 fully saturated rings. The minimum absolute atomic E-state index is 0.0330. The van der Waals surface area contributed by atoms with Gasteiger partial charge in [0.05, 0.1) is 19.4 Å². The predicted molar refractivity (Wildman–Crippen MR) is 120 cm³/mol. The van der Waals surface area contributed by atoms with E-state index in [0.29, 0.717) is 16.5 Å². The van der Waals surface area contributed by atoms with Gasteiger partial charge in [0.15, 0.2) is 5.13 Å². The van der Waals surface area contributed by atoms with Gasteiger partial charge in [0, 0.05) is 29.2 Å². The van der Waals surface area contributed by atoms with Gasteiger partial charge in [-0.1, -0.05) is 17.7 Å². The number of sulfonamides is 1. The molecule has 1 saturated heterocycles. The van der Waals surface area contributed by atoms with Gasteiger partial charge in [0.25, 0.3) is 0 Å². The summed E-state index contributed by atoms with van der Waals surface area (Å²) in [7, 11) is -2.40. The number of ether oxygens (including phenoxy) is 2. The molecule has 11 heteroatoms. The zero-order valence-electron chi connectivity index (χ0n) is 16.9. The molecule has 0 amide bonds. The summed E-state index contributed by atoms with van der Waals surface area (Å²) < 4.78 is 39.1. The van der Waals surface area contributed by atoms with E-state index in [1.165, 1.54) is 28.8 Å². The van der Waals surface area contributed by atoms with Crippen molar-refractivity contribution in [2.75, 3.05) is 32.1 Å². The van der Waals surface area contributed by atoms with Crippen LogP contribution in [0.25, 0.3) is 0 Å². The van der Waals surface area contributed by atoms with Crippen molar-refractivity contribution in [3.05, 3.63) is 58.2 Å². The van der Waals surface area contributed by atoms with Gasteiger partial charge in [0.1, 0.15) is 22.6 Å². The SMILES string of the molecule is COc1ccc(Cl)cc1S(=O)(=O)N1CCOC(c2cccc(Nc3ncc(C)s3)n2)C1. The van der Waals surface area contributed by atoms with Crippen LogP contribution in [0.15, 0.2) is 47.5 Å². The van der Waals surface area contributed by atoms with Crippen LogP contribution < -0.4 is 10.1 Å². The predicted octanol–water partition coefficient (Wildman–Crippen LogP) is 4.01. The average Bonchev–Trinajstić information content (AvgIpc) is 3.18. The molecule has 164 valence electrons. The molecular weight excluding hydrogens is 460 g/mol. The van der Waals surface area contributed by atoms with E-state index in [2.05, 4.69) is 15.3 Å². The molecule has 0 spiro atoms. The van der Waals surface area contributed by atoms with Crippen LogP contribution >= 0.6 is 22.9 Å². The smallest absolute Gasteiger partial charge is 0.246 e. The number of hydrogen-bond donors (Lipinski definition) is 1. The van der Waals surface area contributed by atoms with Crippen molar-refractivity contribution in [3.8, 4) is 5.75 Å². The summed E-state index contributed by atoms with van der Waals surface area (Å²) in [5, 5.41) is 4.23. The molecule has 1 aliphatic rings. The van der Waals surface area contributed by atoms with Crippen LogP contribution in [-0.4, -0.2) is 49.5 Å². The van der Waals surface area contributed by atoms with Crippen LogP contribution in [-0.2, 0) is 14.8 Å².